The molecule has 0 aromatic heterocycles. The lowest BCUT2D eigenvalue weighted by atomic mass is 9.85. The summed E-state index contributed by atoms with van der Waals surface area (Å²) < 4.78 is 34.2. The van der Waals surface area contributed by atoms with Crippen LogP contribution in [0, 0.1) is 0 Å². The van der Waals surface area contributed by atoms with Crippen LogP contribution in [0.15, 0.2) is 109 Å². The van der Waals surface area contributed by atoms with E-state index in [4.69, 9.17) is 18.5 Å². The zero-order valence-electron chi connectivity index (χ0n) is 41.6. The van der Waals surface area contributed by atoms with Crippen molar-refractivity contribution in [3.63, 3.8) is 0 Å². The monoisotopic (exact) mass is 975 g/mol. The summed E-state index contributed by atoms with van der Waals surface area (Å²) in [5.41, 5.74) is 0. The molecule has 0 heterocycles. The maximum atomic E-state index is 12.9. The molecule has 0 aliphatic heterocycles. The Morgan fingerprint density at radius 3 is 1.25 bits per heavy atom. The first-order chi connectivity index (χ1) is 33.0. The summed E-state index contributed by atoms with van der Waals surface area (Å²) in [4.78, 5) is 23.3. The molecule has 1 aliphatic carbocycles. The smallest absolute Gasteiger partial charge is 0.457 e. The highest BCUT2D eigenvalue weighted by Gasteiger charge is 2.51. The molecule has 13 heteroatoms. The zero-order chi connectivity index (χ0) is 49.8. The molecule has 1 saturated carbocycles. The van der Waals surface area contributed by atoms with Gasteiger partial charge in [-0.2, -0.15) is 0 Å². The molecule has 0 saturated heterocycles. The van der Waals surface area contributed by atoms with Gasteiger partial charge in [0.25, 0.3) is 0 Å². The summed E-state index contributed by atoms with van der Waals surface area (Å²) in [5.74, 6) is -0.502. The van der Waals surface area contributed by atoms with E-state index in [1.54, 1.807) is 0 Å². The number of carbonyl (C=O) groups excluding carboxylic acids is 1. The van der Waals surface area contributed by atoms with Gasteiger partial charge in [-0.15, -0.1) is 0 Å². The fourth-order valence-corrected chi connectivity index (χ4v) is 8.11. The average Bonchev–Trinajstić information content (AvgIpc) is 3.32. The number of phosphoric acid groups is 1. The van der Waals surface area contributed by atoms with E-state index in [1.165, 1.54) is 32.1 Å². The van der Waals surface area contributed by atoms with Crippen molar-refractivity contribution in [1.29, 1.82) is 0 Å². The van der Waals surface area contributed by atoms with Crippen molar-refractivity contribution in [3.05, 3.63) is 109 Å². The summed E-state index contributed by atoms with van der Waals surface area (Å²) in [6, 6.07) is 0. The van der Waals surface area contributed by atoms with E-state index < -0.39 is 63.1 Å². The third-order valence-corrected chi connectivity index (χ3v) is 12.1. The normalized spacial score (nSPS) is 22.1. The molecule has 0 aromatic carbocycles. The van der Waals surface area contributed by atoms with Crippen LogP contribution in [-0.4, -0.2) is 98.9 Å². The highest BCUT2D eigenvalue weighted by atomic mass is 31.2. The summed E-state index contributed by atoms with van der Waals surface area (Å²) in [5, 5.41) is 50.3. The number of rotatable bonds is 42. The van der Waals surface area contributed by atoms with Crippen LogP contribution < -0.4 is 0 Å². The molecule has 6 N–H and O–H groups in total. The lowest BCUT2D eigenvalue weighted by Gasteiger charge is -2.41. The van der Waals surface area contributed by atoms with Crippen molar-refractivity contribution < 1.29 is 58.3 Å². The minimum absolute atomic E-state index is 0.115. The number of hydrogen-bond donors (Lipinski definition) is 6. The van der Waals surface area contributed by atoms with Gasteiger partial charge >= 0.3 is 13.8 Å². The summed E-state index contributed by atoms with van der Waals surface area (Å²) in [7, 11) is -5.04. The molecule has 388 valence electrons. The molecule has 1 fully saturated rings. The topological polar surface area (TPSA) is 192 Å². The van der Waals surface area contributed by atoms with Crippen molar-refractivity contribution in [2.45, 2.75) is 211 Å². The Morgan fingerprint density at radius 2 is 0.824 bits per heavy atom. The standard InChI is InChI=1S/C55H91O12P/c1-3-5-7-9-11-13-15-17-19-21-23-24-25-26-27-28-30-32-34-36-38-40-42-44-49(56)66-48(47-65-68(62,63)67-55-53(60)51(58)50(57)52(59)54(55)61)46-64-45-43-41-39-37-35-33-31-29-22-20-18-16-14-12-10-8-6-4-2/h5-8,11-14,17-20,23-24,29,31,35,37,48,50-55,57-61H,3-4,9-10,15-16,21-22,25-28,30,32-34,36,38-47H2,1-2H3,(H,62,63)/b7-5-,8-6-,13-11-,14-12-,19-17-,20-18-,24-23-,31-29-,37-35-. The maximum absolute atomic E-state index is 12.9. The third kappa shape index (κ3) is 35.2. The van der Waals surface area contributed by atoms with Gasteiger partial charge in [0.1, 0.15) is 42.7 Å². The van der Waals surface area contributed by atoms with Crippen molar-refractivity contribution in [2.24, 2.45) is 0 Å². The van der Waals surface area contributed by atoms with Gasteiger partial charge in [-0.1, -0.05) is 175 Å². The van der Waals surface area contributed by atoms with Crippen molar-refractivity contribution in [1.82, 2.24) is 0 Å². The molecule has 1 rings (SSSR count). The van der Waals surface area contributed by atoms with E-state index in [0.29, 0.717) is 13.0 Å². The predicted octanol–water partition coefficient (Wildman–Crippen LogP) is 11.6. The number of ether oxygens (including phenoxy) is 2. The van der Waals surface area contributed by atoms with Gasteiger partial charge in [0, 0.05) is 13.0 Å². The number of unbranched alkanes of at least 4 members (excludes halogenated alkanes) is 12. The Bertz CT molecular complexity index is 1530. The van der Waals surface area contributed by atoms with Crippen LogP contribution in [0.3, 0.4) is 0 Å². The second-order valence-corrected chi connectivity index (χ2v) is 18.7. The Labute approximate surface area is 410 Å². The van der Waals surface area contributed by atoms with Crippen LogP contribution >= 0.6 is 7.82 Å². The van der Waals surface area contributed by atoms with Crippen molar-refractivity contribution in [3.8, 4) is 0 Å². The lowest BCUT2D eigenvalue weighted by Crippen LogP contribution is -2.64. The van der Waals surface area contributed by atoms with Crippen LogP contribution in [0.25, 0.3) is 0 Å². The van der Waals surface area contributed by atoms with Gasteiger partial charge in [0.2, 0.25) is 0 Å². The van der Waals surface area contributed by atoms with Gasteiger partial charge in [0.05, 0.1) is 13.2 Å². The first-order valence-electron chi connectivity index (χ1n) is 25.7. The van der Waals surface area contributed by atoms with Gasteiger partial charge in [-0.05, 0) is 96.3 Å². The van der Waals surface area contributed by atoms with Gasteiger partial charge in [-0.3, -0.25) is 13.8 Å². The number of phosphoric ester groups is 1. The van der Waals surface area contributed by atoms with E-state index in [0.717, 1.165) is 109 Å². The predicted molar refractivity (Wildman–Crippen MR) is 276 cm³/mol. The van der Waals surface area contributed by atoms with Gasteiger partial charge in [0.15, 0.2) is 0 Å². The Kier molecular flexibility index (Phi) is 40.8. The minimum atomic E-state index is -5.04. The molecular weight excluding hydrogens is 884 g/mol. The summed E-state index contributed by atoms with van der Waals surface area (Å²) in [6.45, 7) is 3.92. The molecular formula is C55H91O12P. The average molecular weight is 975 g/mol. The summed E-state index contributed by atoms with van der Waals surface area (Å²) in [6.07, 6.45) is 50.1. The number of aliphatic hydroxyl groups excluding tert-OH is 5. The maximum Gasteiger partial charge on any atom is 0.472 e. The molecule has 0 aromatic rings. The quantitative estimate of drug-likeness (QED) is 0.0147. The number of esters is 1. The number of aliphatic hydroxyl groups is 5. The molecule has 68 heavy (non-hydrogen) atoms. The molecule has 12 nitrogen and oxygen atoms in total. The van der Waals surface area contributed by atoms with E-state index >= 15 is 0 Å². The van der Waals surface area contributed by atoms with Crippen LogP contribution in [0.5, 0.6) is 0 Å². The van der Waals surface area contributed by atoms with Crippen LogP contribution in [0.2, 0.25) is 0 Å². The van der Waals surface area contributed by atoms with Crippen molar-refractivity contribution >= 4 is 13.8 Å². The molecule has 6 unspecified atom stereocenters. The van der Waals surface area contributed by atoms with Gasteiger partial charge < -0.3 is 39.9 Å². The fourth-order valence-electron chi connectivity index (χ4n) is 7.14. The second kappa shape index (κ2) is 44.0. The van der Waals surface area contributed by atoms with Crippen LogP contribution in [-0.2, 0) is 27.9 Å². The Hall–Kier alpha value is -3.00. The van der Waals surface area contributed by atoms with Crippen molar-refractivity contribution in [2.75, 3.05) is 19.8 Å². The first-order valence-corrected chi connectivity index (χ1v) is 27.2. The third-order valence-electron chi connectivity index (χ3n) is 11.1. The lowest BCUT2D eigenvalue weighted by molar-refractivity contribution is -0.220. The molecule has 0 radical (unpaired) electrons. The SMILES string of the molecule is CC/C=C\C/C=C\C/C=C\C/C=C\C/C=C\CCCCOCC(COP(=O)(O)OC1C(O)C(O)C(O)C(O)C1O)OC(=O)CCCCCCCCCCCC/C=C\C/C=C\C/C=C\C/C=C\CC. The highest BCUT2D eigenvalue weighted by Crippen LogP contribution is 2.47. The fraction of sp³-hybridized carbons (Fsp3) is 0.655. The molecule has 0 bridgehead atoms. The largest absolute Gasteiger partial charge is 0.472 e. The molecule has 0 amide bonds. The number of allylic oxidation sites excluding steroid dienone is 18. The second-order valence-electron chi connectivity index (χ2n) is 17.3. The van der Waals surface area contributed by atoms with Gasteiger partial charge in [-0.25, -0.2) is 4.57 Å². The van der Waals surface area contributed by atoms with Crippen LogP contribution in [0.1, 0.15) is 168 Å². The van der Waals surface area contributed by atoms with Crippen LogP contribution in [0.4, 0.5) is 0 Å². The Balaban J connectivity index is 2.38. The molecule has 0 spiro atoms. The van der Waals surface area contributed by atoms with E-state index in [2.05, 4.69) is 123 Å². The number of hydrogen-bond acceptors (Lipinski definition) is 11. The molecule has 1 aliphatic rings. The summed E-state index contributed by atoms with van der Waals surface area (Å²) >= 11 is 0. The first kappa shape index (κ1) is 63.0. The van der Waals surface area contributed by atoms with E-state index in [9.17, 15) is 39.8 Å². The minimum Gasteiger partial charge on any atom is -0.457 e. The Morgan fingerprint density at radius 1 is 0.471 bits per heavy atom. The van der Waals surface area contributed by atoms with E-state index in [-0.39, 0.29) is 13.0 Å². The molecule has 6 atom stereocenters. The number of carbonyl (C=O) groups is 1. The zero-order valence-corrected chi connectivity index (χ0v) is 42.5. The highest BCUT2D eigenvalue weighted by molar-refractivity contribution is 7.47. The van der Waals surface area contributed by atoms with E-state index in [1.807, 2.05) is 0 Å².